The van der Waals surface area contributed by atoms with E-state index < -0.39 is 0 Å². The standard InChI is InChI=1S/C19H29NO4/c1-5-6-7-8-9-16-15-13-18(23-3)17(22-2)12-14(15)10-11-20(16)19(21)24-4/h12-13,16H,5-11H2,1-4H3. The van der Waals surface area contributed by atoms with Gasteiger partial charge < -0.3 is 19.1 Å². The van der Waals surface area contributed by atoms with Gasteiger partial charge >= 0.3 is 6.09 Å². The number of hydrogen-bond acceptors (Lipinski definition) is 4. The van der Waals surface area contributed by atoms with Crippen molar-refractivity contribution in [3.05, 3.63) is 23.3 Å². The lowest BCUT2D eigenvalue weighted by Crippen LogP contribution is -2.40. The number of hydrogen-bond donors (Lipinski definition) is 0. The number of benzene rings is 1. The van der Waals surface area contributed by atoms with Crippen molar-refractivity contribution >= 4 is 6.09 Å². The van der Waals surface area contributed by atoms with Crippen LogP contribution in [-0.2, 0) is 11.2 Å². The number of carbonyl (C=O) groups excluding carboxylic acids is 1. The summed E-state index contributed by atoms with van der Waals surface area (Å²) in [4.78, 5) is 14.0. The van der Waals surface area contributed by atoms with Crippen molar-refractivity contribution in [2.45, 2.75) is 51.5 Å². The van der Waals surface area contributed by atoms with Gasteiger partial charge in [-0.15, -0.1) is 0 Å². The number of ether oxygens (including phenoxy) is 3. The van der Waals surface area contributed by atoms with E-state index in [1.807, 2.05) is 17.0 Å². The largest absolute Gasteiger partial charge is 0.493 e. The minimum absolute atomic E-state index is 0.0397. The lowest BCUT2D eigenvalue weighted by Gasteiger charge is -2.37. The van der Waals surface area contributed by atoms with Gasteiger partial charge in [-0.2, -0.15) is 0 Å². The van der Waals surface area contributed by atoms with Crippen LogP contribution in [0.5, 0.6) is 11.5 Å². The molecule has 5 nitrogen and oxygen atoms in total. The third-order valence-corrected chi connectivity index (χ3v) is 4.74. The normalized spacial score (nSPS) is 16.5. The minimum Gasteiger partial charge on any atom is -0.493 e. The number of amides is 1. The fourth-order valence-electron chi connectivity index (χ4n) is 3.44. The van der Waals surface area contributed by atoms with Gasteiger partial charge in [0.15, 0.2) is 11.5 Å². The zero-order valence-electron chi connectivity index (χ0n) is 15.3. The van der Waals surface area contributed by atoms with Crippen LogP contribution in [0.1, 0.15) is 56.2 Å². The fourth-order valence-corrected chi connectivity index (χ4v) is 3.44. The van der Waals surface area contributed by atoms with E-state index >= 15 is 0 Å². The zero-order valence-corrected chi connectivity index (χ0v) is 15.3. The van der Waals surface area contributed by atoms with Gasteiger partial charge in [0.25, 0.3) is 0 Å². The first kappa shape index (κ1) is 18.4. The van der Waals surface area contributed by atoms with Crippen molar-refractivity contribution in [3.63, 3.8) is 0 Å². The summed E-state index contributed by atoms with van der Waals surface area (Å²) in [6.07, 6.45) is 6.20. The van der Waals surface area contributed by atoms with Gasteiger partial charge in [0.1, 0.15) is 0 Å². The Kier molecular flexibility index (Phi) is 6.76. The van der Waals surface area contributed by atoms with Crippen LogP contribution in [-0.4, -0.2) is 38.9 Å². The van der Waals surface area contributed by atoms with Gasteiger partial charge in [0.05, 0.1) is 27.4 Å². The summed E-state index contributed by atoms with van der Waals surface area (Å²) in [5, 5.41) is 0. The fraction of sp³-hybridized carbons (Fsp3) is 0.632. The van der Waals surface area contributed by atoms with Crippen LogP contribution in [0.25, 0.3) is 0 Å². The molecule has 1 aromatic rings. The van der Waals surface area contributed by atoms with Crippen molar-refractivity contribution in [1.29, 1.82) is 0 Å². The summed E-state index contributed by atoms with van der Waals surface area (Å²) < 4.78 is 15.9. The highest BCUT2D eigenvalue weighted by molar-refractivity contribution is 5.69. The molecule has 0 spiro atoms. The lowest BCUT2D eigenvalue weighted by molar-refractivity contribution is 0.0973. The third-order valence-electron chi connectivity index (χ3n) is 4.74. The number of nitrogens with zero attached hydrogens (tertiary/aromatic N) is 1. The molecule has 2 rings (SSSR count). The quantitative estimate of drug-likeness (QED) is 0.696. The summed E-state index contributed by atoms with van der Waals surface area (Å²) in [7, 11) is 4.73. The van der Waals surface area contributed by atoms with Gasteiger partial charge in [0.2, 0.25) is 0 Å². The van der Waals surface area contributed by atoms with Crippen LogP contribution < -0.4 is 9.47 Å². The number of fused-ring (bicyclic) bond motifs is 1. The number of methoxy groups -OCH3 is 3. The Morgan fingerprint density at radius 1 is 1.12 bits per heavy atom. The van der Waals surface area contributed by atoms with E-state index in [1.165, 1.54) is 31.9 Å². The molecule has 0 saturated carbocycles. The molecule has 0 aromatic heterocycles. The maximum Gasteiger partial charge on any atom is 0.410 e. The van der Waals surface area contributed by atoms with E-state index in [1.54, 1.807) is 14.2 Å². The molecule has 1 aliphatic heterocycles. The second kappa shape index (κ2) is 8.81. The third kappa shape index (κ3) is 3.94. The Morgan fingerprint density at radius 3 is 2.46 bits per heavy atom. The second-order valence-electron chi connectivity index (χ2n) is 6.18. The lowest BCUT2D eigenvalue weighted by atomic mass is 9.89. The van der Waals surface area contributed by atoms with Gasteiger partial charge in [-0.25, -0.2) is 4.79 Å². The van der Waals surface area contributed by atoms with Crippen molar-refractivity contribution < 1.29 is 19.0 Å². The molecule has 24 heavy (non-hydrogen) atoms. The maximum absolute atomic E-state index is 12.2. The molecule has 0 saturated heterocycles. The van der Waals surface area contributed by atoms with Crippen LogP contribution >= 0.6 is 0 Å². The SMILES string of the molecule is CCCCCCC1c2cc(OC)c(OC)cc2CCN1C(=O)OC. The smallest absolute Gasteiger partial charge is 0.410 e. The Morgan fingerprint density at radius 2 is 1.83 bits per heavy atom. The van der Waals surface area contributed by atoms with Gasteiger partial charge in [-0.1, -0.05) is 32.6 Å². The zero-order chi connectivity index (χ0) is 17.5. The molecule has 1 amide bonds. The van der Waals surface area contributed by atoms with Crippen molar-refractivity contribution in [2.75, 3.05) is 27.9 Å². The summed E-state index contributed by atoms with van der Waals surface area (Å²) in [6, 6.07) is 4.10. The molecule has 134 valence electrons. The van der Waals surface area contributed by atoms with Crippen LogP contribution in [0.4, 0.5) is 4.79 Å². The summed E-state index contributed by atoms with van der Waals surface area (Å²) in [5.41, 5.74) is 2.38. The molecule has 0 radical (unpaired) electrons. The van der Waals surface area contributed by atoms with E-state index in [2.05, 4.69) is 6.92 Å². The van der Waals surface area contributed by atoms with Crippen molar-refractivity contribution in [2.24, 2.45) is 0 Å². The van der Waals surface area contributed by atoms with E-state index in [4.69, 9.17) is 14.2 Å². The van der Waals surface area contributed by atoms with Crippen LogP contribution in [0.15, 0.2) is 12.1 Å². The molecule has 0 bridgehead atoms. The molecule has 1 heterocycles. The van der Waals surface area contributed by atoms with Gasteiger partial charge in [-0.3, -0.25) is 0 Å². The molecular weight excluding hydrogens is 306 g/mol. The predicted octanol–water partition coefficient (Wildman–Crippen LogP) is 4.34. The first-order chi connectivity index (χ1) is 11.7. The molecule has 1 aromatic carbocycles. The maximum atomic E-state index is 12.2. The Labute approximate surface area is 144 Å². The molecular formula is C19H29NO4. The molecule has 0 fully saturated rings. The molecule has 1 unspecified atom stereocenters. The highest BCUT2D eigenvalue weighted by Gasteiger charge is 2.32. The summed E-state index contributed by atoms with van der Waals surface area (Å²) in [5.74, 6) is 1.45. The van der Waals surface area contributed by atoms with Gasteiger partial charge in [-0.05, 0) is 36.1 Å². The molecule has 1 aliphatic rings. The summed E-state index contributed by atoms with van der Waals surface area (Å²) >= 11 is 0. The minimum atomic E-state index is -0.254. The molecule has 5 heteroatoms. The van der Waals surface area contributed by atoms with Crippen LogP contribution in [0.3, 0.4) is 0 Å². The average Bonchev–Trinajstić information content (AvgIpc) is 2.63. The first-order valence-corrected chi connectivity index (χ1v) is 8.75. The monoisotopic (exact) mass is 335 g/mol. The topological polar surface area (TPSA) is 48.0 Å². The van der Waals surface area contributed by atoms with E-state index in [0.29, 0.717) is 12.3 Å². The predicted molar refractivity (Wildman–Crippen MR) is 93.9 cm³/mol. The number of unbranched alkanes of at least 4 members (excludes halogenated alkanes) is 3. The molecule has 1 atom stereocenters. The van der Waals surface area contributed by atoms with Crippen LogP contribution in [0.2, 0.25) is 0 Å². The second-order valence-corrected chi connectivity index (χ2v) is 6.18. The highest BCUT2D eigenvalue weighted by atomic mass is 16.5. The first-order valence-electron chi connectivity index (χ1n) is 8.75. The van der Waals surface area contributed by atoms with E-state index in [9.17, 15) is 4.79 Å². The Hall–Kier alpha value is -1.91. The van der Waals surface area contributed by atoms with E-state index in [0.717, 1.165) is 30.6 Å². The average molecular weight is 335 g/mol. The summed E-state index contributed by atoms with van der Waals surface area (Å²) in [6.45, 7) is 2.88. The van der Waals surface area contributed by atoms with Crippen molar-refractivity contribution in [3.8, 4) is 11.5 Å². The molecule has 0 N–H and O–H groups in total. The van der Waals surface area contributed by atoms with Crippen molar-refractivity contribution in [1.82, 2.24) is 4.90 Å². The number of rotatable bonds is 7. The highest BCUT2D eigenvalue weighted by Crippen LogP contribution is 2.40. The Bertz CT molecular complexity index is 559. The van der Waals surface area contributed by atoms with Crippen LogP contribution in [0, 0.1) is 0 Å². The van der Waals surface area contributed by atoms with E-state index in [-0.39, 0.29) is 12.1 Å². The molecule has 0 aliphatic carbocycles. The number of carbonyl (C=O) groups is 1. The van der Waals surface area contributed by atoms with Gasteiger partial charge in [0, 0.05) is 6.54 Å². The Balaban J connectivity index is 2.31.